The zero-order valence-corrected chi connectivity index (χ0v) is 6.94. The topological polar surface area (TPSA) is 20.2 Å². The molecular formula is C8H14OS. The second-order valence-corrected chi connectivity index (χ2v) is 5.56. The third-order valence-corrected chi connectivity index (χ3v) is 5.03. The van der Waals surface area contributed by atoms with Gasteiger partial charge < -0.3 is 4.55 Å². The smallest absolute Gasteiger partial charge is 0.0315 e. The molecule has 1 saturated heterocycles. The maximum atomic E-state index is 9.85. The van der Waals surface area contributed by atoms with E-state index in [0.717, 1.165) is 18.6 Å². The molecule has 2 heteroatoms. The van der Waals surface area contributed by atoms with Crippen LogP contribution in [0.25, 0.3) is 0 Å². The van der Waals surface area contributed by atoms with Crippen molar-refractivity contribution in [1.82, 2.24) is 0 Å². The van der Waals surface area contributed by atoms with Crippen LogP contribution in [0, 0.1) is 0 Å². The highest BCUT2D eigenvalue weighted by Crippen LogP contribution is 2.56. The Labute approximate surface area is 64.0 Å². The molecular weight excluding hydrogens is 144 g/mol. The van der Waals surface area contributed by atoms with Crippen molar-refractivity contribution in [2.75, 3.05) is 5.75 Å². The van der Waals surface area contributed by atoms with Gasteiger partial charge in [-0.25, -0.2) is 0 Å². The van der Waals surface area contributed by atoms with Crippen LogP contribution in [0.3, 0.4) is 0 Å². The fourth-order valence-electron chi connectivity index (χ4n) is 1.36. The molecule has 2 unspecified atom stereocenters. The van der Waals surface area contributed by atoms with Gasteiger partial charge in [0.15, 0.2) is 0 Å². The summed E-state index contributed by atoms with van der Waals surface area (Å²) in [6.45, 7) is 7.35. The van der Waals surface area contributed by atoms with E-state index in [2.05, 4.69) is 13.2 Å². The Morgan fingerprint density at radius 3 is 2.60 bits per heavy atom. The average molecular weight is 158 g/mol. The summed E-state index contributed by atoms with van der Waals surface area (Å²) in [6.07, 6.45) is 4.07. The lowest BCUT2D eigenvalue weighted by Crippen LogP contribution is -2.06. The van der Waals surface area contributed by atoms with Gasteiger partial charge in [-0.05, 0) is 18.2 Å². The van der Waals surface area contributed by atoms with Crippen molar-refractivity contribution >= 4 is 10.3 Å². The van der Waals surface area contributed by atoms with E-state index in [9.17, 15) is 4.55 Å². The van der Waals surface area contributed by atoms with Crippen LogP contribution in [-0.4, -0.2) is 15.6 Å². The summed E-state index contributed by atoms with van der Waals surface area (Å²) < 4.78 is 9.85. The second kappa shape index (κ2) is 2.81. The standard InChI is InChI=1S/C8H14OS/c1-3-8-6-5-7-10(8,9)4-2/h3-4,8-9H,1-2,5-7H2. The van der Waals surface area contributed by atoms with Crippen molar-refractivity contribution in [3.8, 4) is 0 Å². The van der Waals surface area contributed by atoms with Gasteiger partial charge in [0.1, 0.15) is 0 Å². The molecule has 0 radical (unpaired) electrons. The third kappa shape index (κ3) is 1.13. The minimum atomic E-state index is -1.49. The molecule has 1 aliphatic rings. The van der Waals surface area contributed by atoms with E-state index in [4.69, 9.17) is 0 Å². The van der Waals surface area contributed by atoms with Crippen LogP contribution in [-0.2, 0) is 0 Å². The molecule has 0 saturated carbocycles. The lowest BCUT2D eigenvalue weighted by molar-refractivity contribution is 0.635. The van der Waals surface area contributed by atoms with E-state index in [-0.39, 0.29) is 0 Å². The summed E-state index contributed by atoms with van der Waals surface area (Å²) in [4.78, 5) is 0. The first-order valence-corrected chi connectivity index (χ1v) is 5.39. The van der Waals surface area contributed by atoms with E-state index >= 15 is 0 Å². The van der Waals surface area contributed by atoms with Crippen LogP contribution in [0.15, 0.2) is 24.6 Å². The Balaban J connectivity index is 2.74. The molecule has 1 aliphatic heterocycles. The molecule has 0 aromatic rings. The van der Waals surface area contributed by atoms with Gasteiger partial charge in [-0.2, -0.15) is 0 Å². The van der Waals surface area contributed by atoms with Crippen molar-refractivity contribution in [2.24, 2.45) is 0 Å². The monoisotopic (exact) mass is 158 g/mol. The first-order chi connectivity index (χ1) is 4.73. The van der Waals surface area contributed by atoms with Crippen LogP contribution in [0.2, 0.25) is 0 Å². The van der Waals surface area contributed by atoms with E-state index in [1.807, 2.05) is 6.08 Å². The molecule has 0 aromatic carbocycles. The third-order valence-electron chi connectivity index (χ3n) is 2.04. The predicted molar refractivity (Wildman–Crippen MR) is 48.5 cm³/mol. The molecule has 2 atom stereocenters. The van der Waals surface area contributed by atoms with Crippen molar-refractivity contribution < 1.29 is 4.55 Å². The first-order valence-electron chi connectivity index (χ1n) is 3.50. The summed E-state index contributed by atoms with van der Waals surface area (Å²) in [5.74, 6) is 0.924. The Bertz CT molecular complexity index is 155. The Kier molecular flexibility index (Phi) is 2.21. The number of rotatable bonds is 2. The van der Waals surface area contributed by atoms with Crippen LogP contribution in [0.5, 0.6) is 0 Å². The molecule has 10 heavy (non-hydrogen) atoms. The van der Waals surface area contributed by atoms with Crippen LogP contribution in [0.1, 0.15) is 12.8 Å². The molecule has 0 bridgehead atoms. The van der Waals surface area contributed by atoms with Gasteiger partial charge >= 0.3 is 0 Å². The van der Waals surface area contributed by atoms with Crippen molar-refractivity contribution in [1.29, 1.82) is 0 Å². The van der Waals surface area contributed by atoms with E-state index in [0.29, 0.717) is 5.25 Å². The van der Waals surface area contributed by atoms with Crippen molar-refractivity contribution in [3.63, 3.8) is 0 Å². The number of hydrogen-bond acceptors (Lipinski definition) is 1. The molecule has 1 heterocycles. The lowest BCUT2D eigenvalue weighted by atomic mass is 10.2. The Hall–Kier alpha value is -0.210. The van der Waals surface area contributed by atoms with E-state index < -0.39 is 10.3 Å². The number of hydrogen-bond donors (Lipinski definition) is 1. The molecule has 0 amide bonds. The minimum Gasteiger partial charge on any atom is -0.347 e. The predicted octanol–water partition coefficient (Wildman–Crippen LogP) is 2.76. The van der Waals surface area contributed by atoms with Gasteiger partial charge in [0.05, 0.1) is 0 Å². The summed E-state index contributed by atoms with van der Waals surface area (Å²) in [5, 5.41) is 2.04. The normalized spacial score (nSPS) is 45.9. The summed E-state index contributed by atoms with van der Waals surface area (Å²) in [5.41, 5.74) is 0. The second-order valence-electron chi connectivity index (χ2n) is 2.60. The molecule has 0 aromatic heterocycles. The van der Waals surface area contributed by atoms with Crippen molar-refractivity contribution in [3.05, 3.63) is 24.6 Å². The maximum absolute atomic E-state index is 9.85. The fourth-order valence-corrected chi connectivity index (χ4v) is 3.62. The average Bonchev–Trinajstić information content (AvgIpc) is 2.32. The highest BCUT2D eigenvalue weighted by atomic mass is 32.3. The Morgan fingerprint density at radius 1 is 1.50 bits per heavy atom. The molecule has 0 spiro atoms. The minimum absolute atomic E-state index is 0.310. The zero-order valence-electron chi connectivity index (χ0n) is 6.12. The fraction of sp³-hybridized carbons (Fsp3) is 0.500. The summed E-state index contributed by atoms with van der Waals surface area (Å²) >= 11 is 0. The largest absolute Gasteiger partial charge is 0.347 e. The van der Waals surface area contributed by atoms with Crippen LogP contribution in [0.4, 0.5) is 0 Å². The lowest BCUT2D eigenvalue weighted by Gasteiger charge is -2.29. The molecule has 58 valence electrons. The van der Waals surface area contributed by atoms with Gasteiger partial charge in [-0.15, -0.1) is 16.9 Å². The van der Waals surface area contributed by atoms with Crippen molar-refractivity contribution in [2.45, 2.75) is 18.1 Å². The summed E-state index contributed by atoms with van der Waals surface area (Å²) in [6, 6.07) is 0. The molecule has 0 aliphatic carbocycles. The highest BCUT2D eigenvalue weighted by Gasteiger charge is 2.31. The molecule has 1 fully saturated rings. The van der Waals surface area contributed by atoms with Crippen LogP contribution >= 0.6 is 10.3 Å². The van der Waals surface area contributed by atoms with E-state index in [1.54, 1.807) is 5.41 Å². The molecule has 1 N–H and O–H groups in total. The van der Waals surface area contributed by atoms with E-state index in [1.165, 1.54) is 0 Å². The van der Waals surface area contributed by atoms with Gasteiger partial charge in [0, 0.05) is 11.0 Å². The highest BCUT2D eigenvalue weighted by molar-refractivity contribution is 8.32. The van der Waals surface area contributed by atoms with Gasteiger partial charge in [0.2, 0.25) is 0 Å². The quantitative estimate of drug-likeness (QED) is 0.613. The van der Waals surface area contributed by atoms with Gasteiger partial charge in [-0.1, -0.05) is 12.7 Å². The maximum Gasteiger partial charge on any atom is 0.0315 e. The molecule has 1 rings (SSSR count). The van der Waals surface area contributed by atoms with Gasteiger partial charge in [-0.3, -0.25) is 0 Å². The zero-order chi connectivity index (χ0) is 7.61. The molecule has 1 nitrogen and oxygen atoms in total. The van der Waals surface area contributed by atoms with Gasteiger partial charge in [0.25, 0.3) is 0 Å². The summed E-state index contributed by atoms with van der Waals surface area (Å²) in [7, 11) is -1.49. The SMILES string of the molecule is C=CC1CCCS1(O)C=C. The Morgan fingerprint density at radius 2 is 2.20 bits per heavy atom. The van der Waals surface area contributed by atoms with Crippen LogP contribution < -0.4 is 0 Å². The first kappa shape index (κ1) is 7.89.